The Kier molecular flexibility index (Phi) is 3.13. The Balaban J connectivity index is 1.75. The van der Waals surface area contributed by atoms with E-state index < -0.39 is 0 Å². The minimum Gasteiger partial charge on any atom is -0.382 e. The second-order valence-electron chi connectivity index (χ2n) is 5.26. The van der Waals surface area contributed by atoms with Crippen LogP contribution in [0, 0.1) is 5.82 Å². The average Bonchev–Trinajstić information content (AvgIpc) is 3.22. The number of nitrogens with zero attached hydrogens (tertiary/aromatic N) is 5. The summed E-state index contributed by atoms with van der Waals surface area (Å²) in [6, 6.07) is 10.1. The average molecular weight is 320 g/mol. The van der Waals surface area contributed by atoms with Crippen LogP contribution in [0.3, 0.4) is 0 Å². The first kappa shape index (κ1) is 14.1. The molecule has 6 nitrogen and oxygen atoms in total. The zero-order valence-corrected chi connectivity index (χ0v) is 12.6. The number of halogens is 1. The number of hydrogen-bond donors (Lipinski definition) is 1. The fraction of sp³-hybridized carbons (Fsp3) is 0. The van der Waals surface area contributed by atoms with E-state index in [0.29, 0.717) is 22.6 Å². The molecule has 4 aromatic rings. The highest BCUT2D eigenvalue weighted by atomic mass is 19.1. The number of aromatic nitrogens is 5. The van der Waals surface area contributed by atoms with Crippen LogP contribution < -0.4 is 5.73 Å². The summed E-state index contributed by atoms with van der Waals surface area (Å²) < 4.78 is 17.0. The molecule has 2 N–H and O–H groups in total. The first-order chi connectivity index (χ1) is 11.6. The molecule has 0 fully saturated rings. The molecule has 0 amide bonds. The molecule has 0 aliphatic rings. The summed E-state index contributed by atoms with van der Waals surface area (Å²) in [5.41, 5.74) is 9.16. The van der Waals surface area contributed by atoms with Crippen LogP contribution in [0.2, 0.25) is 0 Å². The molecule has 0 atom stereocenters. The molecule has 0 saturated heterocycles. The van der Waals surface area contributed by atoms with Gasteiger partial charge in [0.05, 0.1) is 11.9 Å². The molecule has 3 aromatic heterocycles. The van der Waals surface area contributed by atoms with Crippen LogP contribution in [0.1, 0.15) is 11.3 Å². The van der Waals surface area contributed by atoms with Gasteiger partial charge >= 0.3 is 0 Å². The van der Waals surface area contributed by atoms with Crippen molar-refractivity contribution >= 4 is 16.9 Å². The quantitative estimate of drug-likeness (QED) is 0.630. The van der Waals surface area contributed by atoms with Crippen molar-refractivity contribution in [3.8, 4) is 5.69 Å². The monoisotopic (exact) mass is 320 g/mol. The maximum atomic E-state index is 13.9. The topological polar surface area (TPSA) is 74.0 Å². The van der Waals surface area contributed by atoms with Crippen molar-refractivity contribution in [3.05, 3.63) is 78.8 Å². The molecule has 3 heterocycles. The maximum Gasteiger partial charge on any atom is 0.151 e. The van der Waals surface area contributed by atoms with Crippen molar-refractivity contribution < 1.29 is 4.39 Å². The van der Waals surface area contributed by atoms with Gasteiger partial charge in [0.15, 0.2) is 5.82 Å². The van der Waals surface area contributed by atoms with Crippen molar-refractivity contribution in [1.29, 1.82) is 0 Å². The number of anilines is 1. The van der Waals surface area contributed by atoms with Gasteiger partial charge in [0, 0.05) is 17.3 Å². The second-order valence-corrected chi connectivity index (χ2v) is 5.26. The lowest BCUT2D eigenvalue weighted by Crippen LogP contribution is -2.01. The number of hydrogen-bond acceptors (Lipinski definition) is 4. The van der Waals surface area contributed by atoms with E-state index in [9.17, 15) is 4.39 Å². The highest BCUT2D eigenvalue weighted by Gasteiger charge is 2.13. The summed E-state index contributed by atoms with van der Waals surface area (Å²) >= 11 is 0. The normalized spacial score (nSPS) is 11.0. The van der Waals surface area contributed by atoms with Crippen LogP contribution in [0.15, 0.2) is 61.7 Å². The number of fused-ring (bicyclic) bond motifs is 1. The van der Waals surface area contributed by atoms with Crippen LogP contribution >= 0.6 is 0 Å². The molecular weight excluding hydrogens is 307 g/mol. The van der Waals surface area contributed by atoms with Crippen LogP contribution in [0.4, 0.5) is 10.2 Å². The highest BCUT2D eigenvalue weighted by molar-refractivity contribution is 5.79. The summed E-state index contributed by atoms with van der Waals surface area (Å²) in [4.78, 5) is 3.96. The summed E-state index contributed by atoms with van der Waals surface area (Å²) in [7, 11) is 0. The van der Waals surface area contributed by atoms with E-state index in [1.807, 2.05) is 12.1 Å². The molecule has 118 valence electrons. The van der Waals surface area contributed by atoms with E-state index in [4.69, 9.17) is 5.73 Å². The van der Waals surface area contributed by atoms with Gasteiger partial charge < -0.3 is 5.73 Å². The lowest BCUT2D eigenvalue weighted by molar-refractivity contribution is 0.611. The molecule has 0 aliphatic heterocycles. The van der Waals surface area contributed by atoms with E-state index >= 15 is 0 Å². The van der Waals surface area contributed by atoms with E-state index in [0.717, 1.165) is 11.3 Å². The Hall–Kier alpha value is -3.48. The smallest absolute Gasteiger partial charge is 0.151 e. The van der Waals surface area contributed by atoms with Crippen molar-refractivity contribution in [2.45, 2.75) is 0 Å². The van der Waals surface area contributed by atoms with Crippen LogP contribution in [0.5, 0.6) is 0 Å². The van der Waals surface area contributed by atoms with Crippen LogP contribution in [0.25, 0.3) is 16.8 Å². The summed E-state index contributed by atoms with van der Waals surface area (Å²) in [6.07, 6.45) is 4.76. The first-order valence-electron chi connectivity index (χ1n) is 7.22. The lowest BCUT2D eigenvalue weighted by atomic mass is 10.1. The summed E-state index contributed by atoms with van der Waals surface area (Å²) in [5.74, 6) is 0.0533. The van der Waals surface area contributed by atoms with Crippen LogP contribution in [-0.4, -0.2) is 24.4 Å². The minimum absolute atomic E-state index is 0.341. The highest BCUT2D eigenvalue weighted by Crippen LogP contribution is 2.25. The SMILES string of the molecule is C=C(c1cnn(-c2ccccc2F)c1)c1ccc2c(N)ncnn12. The lowest BCUT2D eigenvalue weighted by Gasteiger charge is -2.04. The van der Waals surface area contributed by atoms with Gasteiger partial charge in [0.1, 0.15) is 23.3 Å². The predicted molar refractivity (Wildman–Crippen MR) is 89.1 cm³/mol. The molecule has 24 heavy (non-hydrogen) atoms. The largest absolute Gasteiger partial charge is 0.382 e. The van der Waals surface area contributed by atoms with E-state index in [2.05, 4.69) is 21.8 Å². The van der Waals surface area contributed by atoms with Gasteiger partial charge in [0.2, 0.25) is 0 Å². The molecule has 0 unspecified atom stereocenters. The Labute approximate surface area is 136 Å². The molecule has 0 spiro atoms. The third-order valence-corrected chi connectivity index (χ3v) is 3.82. The standard InChI is InChI=1S/C17H13FN6/c1-11(14-6-7-16-17(19)20-10-22-24(14)16)12-8-21-23(9-12)15-5-3-2-4-13(15)18/h2-10H,1H2,(H2,19,20,22). The van der Waals surface area contributed by atoms with Gasteiger partial charge in [0.25, 0.3) is 0 Å². The minimum atomic E-state index is -0.341. The van der Waals surface area contributed by atoms with Gasteiger partial charge in [-0.15, -0.1) is 0 Å². The van der Waals surface area contributed by atoms with E-state index in [1.54, 1.807) is 35.1 Å². The third kappa shape index (κ3) is 2.14. The number of nitrogens with two attached hydrogens (primary N) is 1. The van der Waals surface area contributed by atoms with E-state index in [-0.39, 0.29) is 5.82 Å². The molecule has 4 rings (SSSR count). The van der Waals surface area contributed by atoms with Crippen molar-refractivity contribution in [2.75, 3.05) is 5.73 Å². The maximum absolute atomic E-state index is 13.9. The van der Waals surface area contributed by atoms with E-state index in [1.165, 1.54) is 17.1 Å². The molecule has 0 bridgehead atoms. The molecular formula is C17H13FN6. The molecule has 1 aromatic carbocycles. The van der Waals surface area contributed by atoms with Gasteiger partial charge in [-0.3, -0.25) is 0 Å². The number of benzene rings is 1. The Morgan fingerprint density at radius 2 is 1.96 bits per heavy atom. The van der Waals surface area contributed by atoms with Gasteiger partial charge in [-0.25, -0.2) is 18.6 Å². The third-order valence-electron chi connectivity index (χ3n) is 3.82. The fourth-order valence-corrected chi connectivity index (χ4v) is 2.58. The molecule has 0 saturated carbocycles. The molecule has 7 heteroatoms. The number of nitrogen functional groups attached to an aromatic ring is 1. The summed E-state index contributed by atoms with van der Waals surface area (Å²) in [6.45, 7) is 4.11. The predicted octanol–water partition coefficient (Wildman–Crippen LogP) is 2.70. The summed E-state index contributed by atoms with van der Waals surface area (Å²) in [5, 5.41) is 8.43. The Bertz CT molecular complexity index is 1060. The van der Waals surface area contributed by atoms with Crippen molar-refractivity contribution in [1.82, 2.24) is 24.4 Å². The Morgan fingerprint density at radius 3 is 2.79 bits per heavy atom. The van der Waals surface area contributed by atoms with Crippen molar-refractivity contribution in [3.63, 3.8) is 0 Å². The van der Waals surface area contributed by atoms with Gasteiger partial charge in [-0.2, -0.15) is 10.2 Å². The number of para-hydroxylation sites is 1. The van der Waals surface area contributed by atoms with Crippen molar-refractivity contribution in [2.24, 2.45) is 0 Å². The number of rotatable bonds is 3. The Morgan fingerprint density at radius 1 is 1.12 bits per heavy atom. The first-order valence-corrected chi connectivity index (χ1v) is 7.22. The van der Waals surface area contributed by atoms with Crippen LogP contribution in [-0.2, 0) is 0 Å². The zero-order valence-electron chi connectivity index (χ0n) is 12.6. The van der Waals surface area contributed by atoms with Gasteiger partial charge in [-0.1, -0.05) is 18.7 Å². The fourth-order valence-electron chi connectivity index (χ4n) is 2.58. The van der Waals surface area contributed by atoms with Gasteiger partial charge in [-0.05, 0) is 24.3 Å². The molecule has 0 aliphatic carbocycles. The molecule has 0 radical (unpaired) electrons. The zero-order chi connectivity index (χ0) is 16.7. The second kappa shape index (κ2) is 5.31.